The molecule has 9 heteroatoms. The molecule has 1 aromatic rings. The monoisotopic (exact) mass is 580 g/mol. The lowest BCUT2D eigenvalue weighted by Crippen LogP contribution is -2.40. The number of hydrogen-bond acceptors (Lipinski definition) is 7. The van der Waals surface area contributed by atoms with Crippen LogP contribution in [0, 0.1) is 5.92 Å². The van der Waals surface area contributed by atoms with E-state index in [0.717, 1.165) is 28.0 Å². The summed E-state index contributed by atoms with van der Waals surface area (Å²) in [5.74, 6) is 1.70. The Balaban J connectivity index is 2.79. The molecule has 0 heterocycles. The first-order chi connectivity index (χ1) is 17.9. The van der Waals surface area contributed by atoms with E-state index < -0.39 is 22.7 Å². The Hall–Kier alpha value is -1.63. The van der Waals surface area contributed by atoms with Crippen molar-refractivity contribution in [2.45, 2.75) is 97.4 Å². The minimum atomic E-state index is -2.05. The lowest BCUT2D eigenvalue weighted by molar-refractivity contribution is 0.0428. The molecule has 7 nitrogen and oxygen atoms in total. The third kappa shape index (κ3) is 8.68. The van der Waals surface area contributed by atoms with Gasteiger partial charge in [0, 0.05) is 19.8 Å². The summed E-state index contributed by atoms with van der Waals surface area (Å²) in [6.07, 6.45) is -0.0770. The third-order valence-electron chi connectivity index (χ3n) is 7.64. The van der Waals surface area contributed by atoms with Gasteiger partial charge in [0.1, 0.15) is 11.5 Å². The summed E-state index contributed by atoms with van der Waals surface area (Å²) in [6.45, 7) is 26.4. The first-order valence-corrected chi connectivity index (χ1v) is 20.0. The van der Waals surface area contributed by atoms with Crippen LogP contribution in [0.15, 0.2) is 35.6 Å². The summed E-state index contributed by atoms with van der Waals surface area (Å²) in [5.41, 5.74) is 3.58. The molecule has 0 saturated heterocycles. The number of benzene rings is 1. The van der Waals surface area contributed by atoms with E-state index in [1.165, 1.54) is 0 Å². The summed E-state index contributed by atoms with van der Waals surface area (Å²) >= 11 is 0. The molecule has 39 heavy (non-hydrogen) atoms. The standard InChI is InChI=1S/C30H52O7Si2/c1-20(2)23-16-24(31)21(3)29(37-38(9,10)11)27(23)28-25(34-18-32-7)14-22(15-26(28)35-19-33-8)17-36-39(12,13)30(4,5)6/h14-15,23-24,27,31H,1,16-19H2,2-13H3/t23-,24-,27+/m1/s1. The third-order valence-corrected chi connectivity index (χ3v) is 13.0. The largest absolute Gasteiger partial charge is 0.547 e. The molecule has 0 aliphatic heterocycles. The lowest BCUT2D eigenvalue weighted by Gasteiger charge is -2.41. The van der Waals surface area contributed by atoms with E-state index in [1.54, 1.807) is 14.2 Å². The molecule has 0 saturated carbocycles. The van der Waals surface area contributed by atoms with Gasteiger partial charge in [0.15, 0.2) is 21.9 Å². The number of aliphatic hydroxyl groups excluding tert-OH is 1. The van der Waals surface area contributed by atoms with Crippen LogP contribution in [0.3, 0.4) is 0 Å². The molecule has 2 rings (SSSR count). The smallest absolute Gasteiger partial charge is 0.241 e. The number of hydrogen-bond donors (Lipinski definition) is 1. The van der Waals surface area contributed by atoms with Gasteiger partial charge in [-0.2, -0.15) is 0 Å². The van der Waals surface area contributed by atoms with Gasteiger partial charge < -0.3 is 32.9 Å². The molecule has 0 bridgehead atoms. The van der Waals surface area contributed by atoms with Crippen LogP contribution in [0.5, 0.6) is 11.5 Å². The molecule has 3 atom stereocenters. The second-order valence-electron chi connectivity index (χ2n) is 13.1. The topological polar surface area (TPSA) is 75.6 Å². The highest BCUT2D eigenvalue weighted by Crippen LogP contribution is 2.52. The summed E-state index contributed by atoms with van der Waals surface area (Å²) in [5, 5.41) is 11.1. The predicted molar refractivity (Wildman–Crippen MR) is 162 cm³/mol. The molecule has 1 N–H and O–H groups in total. The van der Waals surface area contributed by atoms with Crippen LogP contribution in [0.1, 0.15) is 58.1 Å². The van der Waals surface area contributed by atoms with Crippen molar-refractivity contribution in [3.63, 3.8) is 0 Å². The number of allylic oxidation sites excluding steroid dienone is 2. The normalized spacial score (nSPS) is 20.7. The first kappa shape index (κ1) is 33.6. The Morgan fingerprint density at radius 2 is 1.51 bits per heavy atom. The van der Waals surface area contributed by atoms with Crippen molar-refractivity contribution in [2.75, 3.05) is 27.8 Å². The molecule has 0 unspecified atom stereocenters. The zero-order valence-corrected chi connectivity index (χ0v) is 28.3. The highest BCUT2D eigenvalue weighted by molar-refractivity contribution is 6.74. The zero-order valence-electron chi connectivity index (χ0n) is 26.3. The first-order valence-electron chi connectivity index (χ1n) is 13.7. The maximum absolute atomic E-state index is 11.0. The Bertz CT molecular complexity index is 992. The molecule has 1 aromatic carbocycles. The number of methoxy groups -OCH3 is 2. The molecule has 1 aliphatic carbocycles. The summed E-state index contributed by atoms with van der Waals surface area (Å²) in [6, 6.07) is 4.03. The molecular formula is C30H52O7Si2. The van der Waals surface area contributed by atoms with E-state index in [1.807, 2.05) is 26.0 Å². The fraction of sp³-hybridized carbons (Fsp3) is 0.667. The Labute approximate surface area is 238 Å². The number of ether oxygens (including phenoxy) is 4. The highest BCUT2D eigenvalue weighted by atomic mass is 28.4. The van der Waals surface area contributed by atoms with Crippen molar-refractivity contribution in [3.05, 3.63) is 46.7 Å². The predicted octanol–water partition coefficient (Wildman–Crippen LogP) is 7.34. The maximum atomic E-state index is 11.0. The van der Waals surface area contributed by atoms with Gasteiger partial charge in [-0.05, 0) is 87.2 Å². The van der Waals surface area contributed by atoms with Crippen LogP contribution in [0.25, 0.3) is 0 Å². The van der Waals surface area contributed by atoms with Gasteiger partial charge in [0.05, 0.1) is 24.4 Å². The van der Waals surface area contributed by atoms with Crippen LogP contribution in [0.4, 0.5) is 0 Å². The van der Waals surface area contributed by atoms with E-state index in [-0.39, 0.29) is 30.5 Å². The van der Waals surface area contributed by atoms with Gasteiger partial charge in [-0.25, -0.2) is 0 Å². The molecule has 0 radical (unpaired) electrons. The van der Waals surface area contributed by atoms with Crippen molar-refractivity contribution in [1.29, 1.82) is 0 Å². The number of aliphatic hydroxyl groups is 1. The van der Waals surface area contributed by atoms with Gasteiger partial charge in [-0.15, -0.1) is 0 Å². The molecule has 0 spiro atoms. The quantitative estimate of drug-likeness (QED) is 0.149. The van der Waals surface area contributed by atoms with E-state index in [2.05, 4.69) is 60.1 Å². The Kier molecular flexibility index (Phi) is 11.5. The van der Waals surface area contributed by atoms with Crippen molar-refractivity contribution in [2.24, 2.45) is 5.92 Å². The average Bonchev–Trinajstić information content (AvgIpc) is 2.81. The average molecular weight is 581 g/mol. The van der Waals surface area contributed by atoms with E-state index in [0.29, 0.717) is 24.5 Å². The number of rotatable bonds is 13. The summed E-state index contributed by atoms with van der Waals surface area (Å²) in [4.78, 5) is 0. The van der Waals surface area contributed by atoms with E-state index >= 15 is 0 Å². The van der Waals surface area contributed by atoms with Crippen molar-refractivity contribution < 1.29 is 32.9 Å². The Morgan fingerprint density at radius 1 is 1.00 bits per heavy atom. The molecule has 0 amide bonds. The van der Waals surface area contributed by atoms with E-state index in [4.69, 9.17) is 27.8 Å². The molecule has 0 aromatic heterocycles. The van der Waals surface area contributed by atoms with Crippen molar-refractivity contribution >= 4 is 16.6 Å². The van der Waals surface area contributed by atoms with Gasteiger partial charge in [-0.3, -0.25) is 0 Å². The van der Waals surface area contributed by atoms with Gasteiger partial charge >= 0.3 is 0 Å². The summed E-state index contributed by atoms with van der Waals surface area (Å²) < 4.78 is 36.4. The van der Waals surface area contributed by atoms with Gasteiger partial charge in [0.2, 0.25) is 8.32 Å². The highest BCUT2D eigenvalue weighted by Gasteiger charge is 2.42. The summed E-state index contributed by atoms with van der Waals surface area (Å²) in [7, 11) is -0.839. The second-order valence-corrected chi connectivity index (χ2v) is 22.3. The van der Waals surface area contributed by atoms with Gasteiger partial charge in [0.25, 0.3) is 0 Å². The maximum Gasteiger partial charge on any atom is 0.241 e. The fourth-order valence-electron chi connectivity index (χ4n) is 4.45. The van der Waals surface area contributed by atoms with Crippen LogP contribution in [-0.4, -0.2) is 55.7 Å². The van der Waals surface area contributed by atoms with Crippen LogP contribution >= 0.6 is 0 Å². The minimum Gasteiger partial charge on any atom is -0.547 e. The molecule has 222 valence electrons. The SMILES string of the molecule is C=C(C)[C@H]1C[C@@H](O)C(C)=C(O[Si](C)(C)C)[C@@H]1c1c(OCOC)cc(CO[Si](C)(C)C(C)(C)C)cc1OCOC. The molecule has 1 aliphatic rings. The zero-order chi connectivity index (χ0) is 29.8. The fourth-order valence-corrected chi connectivity index (χ4v) is 6.35. The van der Waals surface area contributed by atoms with Crippen molar-refractivity contribution in [1.82, 2.24) is 0 Å². The Morgan fingerprint density at radius 3 is 1.92 bits per heavy atom. The van der Waals surface area contributed by atoms with Crippen LogP contribution in [-0.2, 0) is 24.9 Å². The molecular weight excluding hydrogens is 528 g/mol. The second kappa shape index (κ2) is 13.4. The molecule has 0 fully saturated rings. The van der Waals surface area contributed by atoms with E-state index in [9.17, 15) is 5.11 Å². The van der Waals surface area contributed by atoms with Crippen molar-refractivity contribution in [3.8, 4) is 11.5 Å². The van der Waals surface area contributed by atoms with Crippen LogP contribution < -0.4 is 9.47 Å². The lowest BCUT2D eigenvalue weighted by atomic mass is 9.71. The minimum absolute atomic E-state index is 0.0727. The van der Waals surface area contributed by atoms with Gasteiger partial charge in [-0.1, -0.05) is 32.9 Å². The van der Waals surface area contributed by atoms with Crippen LogP contribution in [0.2, 0.25) is 37.8 Å².